The first kappa shape index (κ1) is 13.3. The molecule has 2 aromatic heterocycles. The lowest BCUT2D eigenvalue weighted by Crippen LogP contribution is -1.99. The minimum Gasteiger partial charge on any atom is -0.346 e. The Kier molecular flexibility index (Phi) is 3.00. The van der Waals surface area contributed by atoms with Crippen LogP contribution in [-0.2, 0) is 9.84 Å². The van der Waals surface area contributed by atoms with E-state index in [9.17, 15) is 8.42 Å². The minimum atomic E-state index is -3.34. The average molecular weight is 297 g/mol. The number of pyridine rings is 1. The van der Waals surface area contributed by atoms with Crippen molar-refractivity contribution in [2.75, 3.05) is 6.26 Å². The van der Waals surface area contributed by atoms with Crippen LogP contribution in [0.1, 0.15) is 5.56 Å². The molecule has 0 amide bonds. The Bertz CT molecular complexity index is 982. The quantitative estimate of drug-likeness (QED) is 0.787. The van der Waals surface area contributed by atoms with E-state index in [1.807, 2.05) is 6.07 Å². The summed E-state index contributed by atoms with van der Waals surface area (Å²) in [5, 5.41) is 9.71. The SMILES string of the molecule is CS(=O)(=O)c1ccccc1-c1c[nH]c2ncc(C#N)cc12. The fourth-order valence-electron chi connectivity index (χ4n) is 2.30. The van der Waals surface area contributed by atoms with Crippen LogP contribution < -0.4 is 0 Å². The van der Waals surface area contributed by atoms with E-state index < -0.39 is 9.84 Å². The van der Waals surface area contributed by atoms with Gasteiger partial charge >= 0.3 is 0 Å². The van der Waals surface area contributed by atoms with E-state index in [0.717, 1.165) is 10.9 Å². The van der Waals surface area contributed by atoms with Gasteiger partial charge in [0.1, 0.15) is 11.7 Å². The lowest BCUT2D eigenvalue weighted by atomic mass is 10.1. The monoisotopic (exact) mass is 297 g/mol. The molecule has 104 valence electrons. The number of hydrogen-bond acceptors (Lipinski definition) is 4. The second-order valence-corrected chi connectivity index (χ2v) is 6.69. The van der Waals surface area contributed by atoms with Crippen LogP contribution in [0.2, 0.25) is 0 Å². The maximum Gasteiger partial charge on any atom is 0.176 e. The number of aromatic nitrogens is 2. The summed E-state index contributed by atoms with van der Waals surface area (Å²) in [5.41, 5.74) is 2.37. The molecule has 3 rings (SSSR count). The smallest absolute Gasteiger partial charge is 0.176 e. The Morgan fingerprint density at radius 2 is 2.00 bits per heavy atom. The number of fused-ring (bicyclic) bond motifs is 1. The molecule has 0 saturated carbocycles. The number of sulfone groups is 1. The summed E-state index contributed by atoms with van der Waals surface area (Å²) in [6, 6.07) is 10.5. The van der Waals surface area contributed by atoms with Crippen LogP contribution in [0.25, 0.3) is 22.2 Å². The third-order valence-corrected chi connectivity index (χ3v) is 4.39. The van der Waals surface area contributed by atoms with Crippen LogP contribution in [0.5, 0.6) is 0 Å². The number of H-pyrrole nitrogens is 1. The molecule has 0 aliphatic carbocycles. The van der Waals surface area contributed by atoms with Crippen LogP contribution in [0.3, 0.4) is 0 Å². The summed E-state index contributed by atoms with van der Waals surface area (Å²) < 4.78 is 23.9. The van der Waals surface area contributed by atoms with Gasteiger partial charge in [-0.05, 0) is 12.1 Å². The van der Waals surface area contributed by atoms with Gasteiger partial charge in [0, 0.05) is 35.2 Å². The van der Waals surface area contributed by atoms with Crippen molar-refractivity contribution in [3.63, 3.8) is 0 Å². The maximum absolute atomic E-state index is 11.9. The second kappa shape index (κ2) is 4.72. The van der Waals surface area contributed by atoms with Crippen molar-refractivity contribution in [2.45, 2.75) is 4.90 Å². The van der Waals surface area contributed by atoms with E-state index in [2.05, 4.69) is 9.97 Å². The summed E-state index contributed by atoms with van der Waals surface area (Å²) in [6.07, 6.45) is 4.37. The molecule has 0 radical (unpaired) electrons. The summed E-state index contributed by atoms with van der Waals surface area (Å²) in [6.45, 7) is 0. The molecule has 0 fully saturated rings. The Morgan fingerprint density at radius 3 is 2.71 bits per heavy atom. The number of rotatable bonds is 2. The predicted molar refractivity (Wildman–Crippen MR) is 79.4 cm³/mol. The van der Waals surface area contributed by atoms with Gasteiger partial charge in [-0.25, -0.2) is 13.4 Å². The molecule has 0 aliphatic heterocycles. The topological polar surface area (TPSA) is 86.6 Å². The van der Waals surface area contributed by atoms with E-state index >= 15 is 0 Å². The van der Waals surface area contributed by atoms with Crippen LogP contribution in [-0.4, -0.2) is 24.6 Å². The van der Waals surface area contributed by atoms with E-state index in [0.29, 0.717) is 16.8 Å². The summed E-state index contributed by atoms with van der Waals surface area (Å²) in [7, 11) is -3.34. The van der Waals surface area contributed by atoms with Gasteiger partial charge < -0.3 is 4.98 Å². The lowest BCUT2D eigenvalue weighted by Gasteiger charge is -2.06. The van der Waals surface area contributed by atoms with Gasteiger partial charge in [0.25, 0.3) is 0 Å². The molecule has 3 aromatic rings. The van der Waals surface area contributed by atoms with E-state index in [1.54, 1.807) is 36.5 Å². The van der Waals surface area contributed by atoms with E-state index in [1.165, 1.54) is 12.5 Å². The van der Waals surface area contributed by atoms with Gasteiger partial charge in [-0.2, -0.15) is 5.26 Å². The molecule has 0 spiro atoms. The molecule has 2 heterocycles. The number of nitrogens with zero attached hydrogens (tertiary/aromatic N) is 2. The van der Waals surface area contributed by atoms with Gasteiger partial charge in [-0.3, -0.25) is 0 Å². The number of hydrogen-bond donors (Lipinski definition) is 1. The predicted octanol–water partition coefficient (Wildman–Crippen LogP) is 2.51. The zero-order valence-electron chi connectivity index (χ0n) is 11.2. The molecule has 0 atom stereocenters. The van der Waals surface area contributed by atoms with Crippen molar-refractivity contribution in [2.24, 2.45) is 0 Å². The van der Waals surface area contributed by atoms with Crippen LogP contribution in [0.15, 0.2) is 47.6 Å². The Labute approximate surface area is 121 Å². The molecule has 0 unspecified atom stereocenters. The van der Waals surface area contributed by atoms with Crippen LogP contribution in [0.4, 0.5) is 0 Å². The van der Waals surface area contributed by atoms with Gasteiger partial charge in [0.15, 0.2) is 9.84 Å². The van der Waals surface area contributed by atoms with E-state index in [-0.39, 0.29) is 4.90 Å². The molecule has 5 nitrogen and oxygen atoms in total. The van der Waals surface area contributed by atoms with Crippen LogP contribution >= 0.6 is 0 Å². The van der Waals surface area contributed by atoms with Crippen molar-refractivity contribution in [1.82, 2.24) is 9.97 Å². The fraction of sp³-hybridized carbons (Fsp3) is 0.0667. The molecule has 0 aliphatic rings. The van der Waals surface area contributed by atoms with Gasteiger partial charge in [-0.15, -0.1) is 0 Å². The maximum atomic E-state index is 11.9. The van der Waals surface area contributed by atoms with Crippen molar-refractivity contribution in [3.05, 3.63) is 48.3 Å². The van der Waals surface area contributed by atoms with Gasteiger partial charge in [0.2, 0.25) is 0 Å². The Hall–Kier alpha value is -2.65. The molecule has 1 N–H and O–H groups in total. The van der Waals surface area contributed by atoms with Crippen LogP contribution in [0, 0.1) is 11.3 Å². The van der Waals surface area contributed by atoms with Crippen molar-refractivity contribution in [1.29, 1.82) is 5.26 Å². The third kappa shape index (κ3) is 2.28. The zero-order chi connectivity index (χ0) is 15.0. The first-order valence-corrected chi connectivity index (χ1v) is 8.06. The van der Waals surface area contributed by atoms with Gasteiger partial charge in [0.05, 0.1) is 10.5 Å². The highest BCUT2D eigenvalue weighted by Crippen LogP contribution is 2.32. The zero-order valence-corrected chi connectivity index (χ0v) is 12.0. The Balaban J connectivity index is 2.35. The lowest BCUT2D eigenvalue weighted by molar-refractivity contribution is 0.602. The molecule has 21 heavy (non-hydrogen) atoms. The molecule has 6 heteroatoms. The van der Waals surface area contributed by atoms with E-state index in [4.69, 9.17) is 5.26 Å². The number of benzene rings is 1. The molecular weight excluding hydrogens is 286 g/mol. The number of aromatic amines is 1. The fourth-order valence-corrected chi connectivity index (χ4v) is 3.20. The second-order valence-electron chi connectivity index (χ2n) is 4.70. The molecule has 1 aromatic carbocycles. The normalized spacial score (nSPS) is 11.4. The van der Waals surface area contributed by atoms with Crippen molar-refractivity contribution >= 4 is 20.9 Å². The minimum absolute atomic E-state index is 0.258. The summed E-state index contributed by atoms with van der Waals surface area (Å²) in [4.78, 5) is 7.42. The first-order valence-electron chi connectivity index (χ1n) is 6.17. The molecular formula is C15H11N3O2S. The first-order chi connectivity index (χ1) is 10.0. The molecule has 0 saturated heterocycles. The highest BCUT2D eigenvalue weighted by atomic mass is 32.2. The summed E-state index contributed by atoms with van der Waals surface area (Å²) in [5.74, 6) is 0. The number of nitrogens with one attached hydrogen (secondary N) is 1. The standard InChI is InChI=1S/C15H11N3O2S/c1-21(19,20)14-5-3-2-4-11(14)13-9-18-15-12(13)6-10(7-16)8-17-15/h2-6,8-9H,1H3,(H,17,18). The highest BCUT2D eigenvalue weighted by Gasteiger charge is 2.17. The average Bonchev–Trinajstić information content (AvgIpc) is 2.89. The number of nitriles is 1. The summed E-state index contributed by atoms with van der Waals surface area (Å²) >= 11 is 0. The largest absolute Gasteiger partial charge is 0.346 e. The highest BCUT2D eigenvalue weighted by molar-refractivity contribution is 7.90. The van der Waals surface area contributed by atoms with Crippen molar-refractivity contribution < 1.29 is 8.42 Å². The Morgan fingerprint density at radius 1 is 1.24 bits per heavy atom. The van der Waals surface area contributed by atoms with Crippen molar-refractivity contribution in [3.8, 4) is 17.2 Å². The third-order valence-electron chi connectivity index (χ3n) is 3.24. The molecule has 0 bridgehead atoms. The van der Waals surface area contributed by atoms with Gasteiger partial charge in [-0.1, -0.05) is 18.2 Å².